The van der Waals surface area contributed by atoms with Crippen LogP contribution in [-0.2, 0) is 0 Å². The number of hydrogen-bond acceptors (Lipinski definition) is 3. The number of aryl methyl sites for hydroxylation is 2. The molecule has 130 valence electrons. The largest absolute Gasteiger partial charge is 0.495 e. The molecular weight excluding hydrogens is 314 g/mol. The Bertz CT molecular complexity index is 794. The minimum Gasteiger partial charge on any atom is -0.495 e. The third-order valence-corrected chi connectivity index (χ3v) is 4.13. The van der Waals surface area contributed by atoms with Gasteiger partial charge in [0.1, 0.15) is 11.6 Å². The second kappa shape index (κ2) is 7.38. The van der Waals surface area contributed by atoms with Gasteiger partial charge in [0.15, 0.2) is 0 Å². The Morgan fingerprint density at radius 1 is 1.16 bits per heavy atom. The maximum atomic E-state index is 13.1. The first-order valence-electron chi connectivity index (χ1n) is 8.44. The summed E-state index contributed by atoms with van der Waals surface area (Å²) in [7, 11) is 1.59. The van der Waals surface area contributed by atoms with Gasteiger partial charge in [-0.25, -0.2) is 4.79 Å². The molecule has 0 bridgehead atoms. The van der Waals surface area contributed by atoms with Crippen molar-refractivity contribution in [1.82, 2.24) is 0 Å². The summed E-state index contributed by atoms with van der Waals surface area (Å²) < 4.78 is 5.33. The van der Waals surface area contributed by atoms with Crippen LogP contribution >= 0.6 is 0 Å². The van der Waals surface area contributed by atoms with Gasteiger partial charge < -0.3 is 10.1 Å². The molecule has 5 nitrogen and oxygen atoms in total. The van der Waals surface area contributed by atoms with Crippen molar-refractivity contribution >= 4 is 23.2 Å². The number of hydrogen-bond donors (Lipinski definition) is 1. The van der Waals surface area contributed by atoms with Crippen LogP contribution in [0.5, 0.6) is 5.75 Å². The van der Waals surface area contributed by atoms with E-state index in [2.05, 4.69) is 16.4 Å². The highest BCUT2D eigenvalue weighted by molar-refractivity contribution is 6.20. The SMILES string of the molecule is COc1ccccc1NC(=O)N(C1=NCCC1)c1cc(C)cc(C)c1. The summed E-state index contributed by atoms with van der Waals surface area (Å²) in [6, 6.07) is 13.3. The van der Waals surface area contributed by atoms with E-state index in [4.69, 9.17) is 4.74 Å². The Balaban J connectivity index is 1.95. The lowest BCUT2D eigenvalue weighted by Gasteiger charge is -2.24. The van der Waals surface area contributed by atoms with Crippen molar-refractivity contribution in [1.29, 1.82) is 0 Å². The van der Waals surface area contributed by atoms with E-state index in [0.717, 1.165) is 42.0 Å². The van der Waals surface area contributed by atoms with Crippen molar-refractivity contribution in [2.45, 2.75) is 26.7 Å². The lowest BCUT2D eigenvalue weighted by atomic mass is 10.1. The molecule has 2 amide bonds. The number of aliphatic imine (C=N–C) groups is 1. The number of amides is 2. The predicted octanol–water partition coefficient (Wildman–Crippen LogP) is 4.54. The van der Waals surface area contributed by atoms with Crippen LogP contribution in [0.3, 0.4) is 0 Å². The minimum atomic E-state index is -0.227. The van der Waals surface area contributed by atoms with Crippen LogP contribution in [0.1, 0.15) is 24.0 Å². The molecular formula is C20H23N3O2. The average molecular weight is 337 g/mol. The van der Waals surface area contributed by atoms with Crippen LogP contribution in [0.4, 0.5) is 16.2 Å². The number of para-hydroxylation sites is 2. The number of carbonyl (C=O) groups excluding carboxylic acids is 1. The standard InChI is InChI=1S/C20H23N3O2/c1-14-11-15(2)13-16(12-14)23(19-9-6-10-21-19)20(24)22-17-7-4-5-8-18(17)25-3/h4-5,7-8,11-13H,6,9-10H2,1-3H3,(H,22,24). The first-order chi connectivity index (χ1) is 12.1. The smallest absolute Gasteiger partial charge is 0.331 e. The number of amidine groups is 1. The van der Waals surface area contributed by atoms with Crippen molar-refractivity contribution in [2.24, 2.45) is 4.99 Å². The molecule has 0 atom stereocenters. The van der Waals surface area contributed by atoms with Gasteiger partial charge in [-0.1, -0.05) is 18.2 Å². The molecule has 1 heterocycles. The normalized spacial score (nSPS) is 13.3. The third-order valence-electron chi connectivity index (χ3n) is 4.13. The Morgan fingerprint density at radius 3 is 2.52 bits per heavy atom. The van der Waals surface area contributed by atoms with E-state index in [-0.39, 0.29) is 6.03 Å². The third kappa shape index (κ3) is 3.82. The van der Waals surface area contributed by atoms with Crippen molar-refractivity contribution in [3.63, 3.8) is 0 Å². The molecule has 5 heteroatoms. The zero-order valence-corrected chi connectivity index (χ0v) is 14.9. The number of ether oxygens (including phenoxy) is 1. The van der Waals surface area contributed by atoms with Crippen LogP contribution in [-0.4, -0.2) is 25.5 Å². The zero-order chi connectivity index (χ0) is 17.8. The quantitative estimate of drug-likeness (QED) is 0.894. The predicted molar refractivity (Wildman–Crippen MR) is 102 cm³/mol. The summed E-state index contributed by atoms with van der Waals surface area (Å²) in [5.74, 6) is 1.43. The Kier molecular flexibility index (Phi) is 5.03. The van der Waals surface area contributed by atoms with Crippen molar-refractivity contribution in [3.8, 4) is 5.75 Å². The fraction of sp³-hybridized carbons (Fsp3) is 0.300. The van der Waals surface area contributed by atoms with Gasteiger partial charge in [0.05, 0.1) is 18.5 Å². The fourth-order valence-corrected chi connectivity index (χ4v) is 3.09. The molecule has 2 aromatic carbocycles. The summed E-state index contributed by atoms with van der Waals surface area (Å²) in [5, 5.41) is 2.96. The molecule has 1 aliphatic heterocycles. The first-order valence-corrected chi connectivity index (χ1v) is 8.44. The van der Waals surface area contributed by atoms with E-state index in [1.54, 1.807) is 12.0 Å². The van der Waals surface area contributed by atoms with E-state index < -0.39 is 0 Å². The van der Waals surface area contributed by atoms with Crippen LogP contribution in [0.2, 0.25) is 0 Å². The molecule has 0 fully saturated rings. The second-order valence-corrected chi connectivity index (χ2v) is 6.21. The van der Waals surface area contributed by atoms with Crippen LogP contribution in [0, 0.1) is 13.8 Å². The molecule has 0 aliphatic carbocycles. The number of anilines is 2. The van der Waals surface area contributed by atoms with E-state index in [1.165, 1.54) is 0 Å². The van der Waals surface area contributed by atoms with Crippen molar-refractivity contribution in [2.75, 3.05) is 23.9 Å². The molecule has 0 saturated carbocycles. The van der Waals surface area contributed by atoms with Gasteiger partial charge in [-0.15, -0.1) is 0 Å². The van der Waals surface area contributed by atoms with Crippen LogP contribution < -0.4 is 15.0 Å². The monoisotopic (exact) mass is 337 g/mol. The van der Waals surface area contributed by atoms with Gasteiger partial charge in [0, 0.05) is 13.0 Å². The summed E-state index contributed by atoms with van der Waals surface area (Å²) >= 11 is 0. The number of methoxy groups -OCH3 is 1. The molecule has 0 aromatic heterocycles. The van der Waals surface area contributed by atoms with Gasteiger partial charge in [0.25, 0.3) is 0 Å². The molecule has 0 radical (unpaired) electrons. The lowest BCUT2D eigenvalue weighted by Crippen LogP contribution is -2.39. The molecule has 1 aliphatic rings. The number of carbonyl (C=O) groups is 1. The summed E-state index contributed by atoms with van der Waals surface area (Å²) in [5.41, 5.74) is 3.71. The zero-order valence-electron chi connectivity index (χ0n) is 14.9. The second-order valence-electron chi connectivity index (χ2n) is 6.21. The molecule has 0 spiro atoms. The summed E-state index contributed by atoms with van der Waals surface area (Å²) in [4.78, 5) is 19.3. The van der Waals surface area contributed by atoms with Crippen molar-refractivity contribution < 1.29 is 9.53 Å². The molecule has 1 N–H and O–H groups in total. The van der Waals surface area contributed by atoms with Crippen LogP contribution in [0.15, 0.2) is 47.5 Å². The van der Waals surface area contributed by atoms with Crippen LogP contribution in [0.25, 0.3) is 0 Å². The fourth-order valence-electron chi connectivity index (χ4n) is 3.09. The Morgan fingerprint density at radius 2 is 1.88 bits per heavy atom. The number of benzene rings is 2. The van der Waals surface area contributed by atoms with E-state index in [1.807, 2.05) is 50.2 Å². The number of urea groups is 1. The molecule has 0 unspecified atom stereocenters. The van der Waals surface area contributed by atoms with Gasteiger partial charge in [-0.05, 0) is 55.7 Å². The molecule has 0 saturated heterocycles. The topological polar surface area (TPSA) is 53.9 Å². The summed E-state index contributed by atoms with van der Waals surface area (Å²) in [6.45, 7) is 4.82. The Hall–Kier alpha value is -2.82. The van der Waals surface area contributed by atoms with E-state index in [0.29, 0.717) is 11.4 Å². The van der Waals surface area contributed by atoms with Crippen molar-refractivity contribution in [3.05, 3.63) is 53.6 Å². The molecule has 2 aromatic rings. The first kappa shape index (κ1) is 17.0. The number of nitrogens with zero attached hydrogens (tertiary/aromatic N) is 2. The maximum Gasteiger partial charge on any atom is 0.331 e. The van der Waals surface area contributed by atoms with E-state index >= 15 is 0 Å². The Labute approximate surface area is 148 Å². The van der Waals surface area contributed by atoms with E-state index in [9.17, 15) is 4.79 Å². The maximum absolute atomic E-state index is 13.1. The van der Waals surface area contributed by atoms with Gasteiger partial charge in [-0.2, -0.15) is 0 Å². The number of nitrogens with one attached hydrogen (secondary N) is 1. The minimum absolute atomic E-state index is 0.227. The highest BCUT2D eigenvalue weighted by Gasteiger charge is 2.24. The van der Waals surface area contributed by atoms with Gasteiger partial charge >= 0.3 is 6.03 Å². The van der Waals surface area contributed by atoms with Gasteiger partial charge in [-0.3, -0.25) is 9.89 Å². The molecule has 25 heavy (non-hydrogen) atoms. The highest BCUT2D eigenvalue weighted by atomic mass is 16.5. The highest BCUT2D eigenvalue weighted by Crippen LogP contribution is 2.27. The number of rotatable bonds is 3. The van der Waals surface area contributed by atoms with Gasteiger partial charge in [0.2, 0.25) is 0 Å². The molecule has 3 rings (SSSR count). The average Bonchev–Trinajstić information content (AvgIpc) is 3.08. The lowest BCUT2D eigenvalue weighted by molar-refractivity contribution is 0.259. The summed E-state index contributed by atoms with van der Waals surface area (Å²) in [6.07, 6.45) is 1.77.